The number of imidazole rings is 1. The molecule has 2 rings (SSSR count). The van der Waals surface area contributed by atoms with Gasteiger partial charge in [0.1, 0.15) is 11.6 Å². The molecule has 0 spiro atoms. The number of ether oxygens (including phenoxy) is 1. The Morgan fingerprint density at radius 2 is 2.06 bits per heavy atom. The lowest BCUT2D eigenvalue weighted by Gasteiger charge is -2.09. The Kier molecular flexibility index (Phi) is 2.79. The van der Waals surface area contributed by atoms with Crippen molar-refractivity contribution >= 4 is 0 Å². The van der Waals surface area contributed by atoms with E-state index in [9.17, 15) is 13.2 Å². The van der Waals surface area contributed by atoms with Crippen LogP contribution in [0.3, 0.4) is 0 Å². The first-order chi connectivity index (χ1) is 7.94. The number of aromatic nitrogens is 2. The van der Waals surface area contributed by atoms with Crippen LogP contribution >= 0.6 is 0 Å². The second-order valence-corrected chi connectivity index (χ2v) is 3.46. The van der Waals surface area contributed by atoms with Crippen LogP contribution in [0.5, 0.6) is 5.75 Å². The molecule has 0 bridgehead atoms. The highest BCUT2D eigenvalue weighted by Crippen LogP contribution is 2.26. The summed E-state index contributed by atoms with van der Waals surface area (Å²) in [7, 11) is 0. The molecule has 0 aliphatic carbocycles. The van der Waals surface area contributed by atoms with Crippen LogP contribution in [-0.2, 0) is 0 Å². The number of halogens is 3. The Hall–Kier alpha value is -1.98. The lowest BCUT2D eigenvalue weighted by atomic mass is 10.1. The standard InChI is InChI=1S/C11H9F3N2O/c1-7-15-6-10(16-7)8-3-2-4-9(5-8)17-11(12,13)14/h2-6H,1H3,(H,15,16). The third-order valence-corrected chi connectivity index (χ3v) is 2.08. The topological polar surface area (TPSA) is 37.9 Å². The van der Waals surface area contributed by atoms with Crippen LogP contribution in [0.25, 0.3) is 11.3 Å². The van der Waals surface area contributed by atoms with Gasteiger partial charge in [-0.15, -0.1) is 13.2 Å². The summed E-state index contributed by atoms with van der Waals surface area (Å²) in [4.78, 5) is 6.91. The Bertz CT molecular complexity index is 519. The van der Waals surface area contributed by atoms with Crippen LogP contribution < -0.4 is 4.74 Å². The average molecular weight is 242 g/mol. The van der Waals surface area contributed by atoms with E-state index in [0.717, 1.165) is 0 Å². The average Bonchev–Trinajstić information content (AvgIpc) is 2.63. The zero-order valence-corrected chi connectivity index (χ0v) is 8.88. The molecular formula is C11H9F3N2O. The van der Waals surface area contributed by atoms with E-state index in [4.69, 9.17) is 0 Å². The molecule has 1 aromatic heterocycles. The predicted octanol–water partition coefficient (Wildman–Crippen LogP) is 3.28. The lowest BCUT2D eigenvalue weighted by Crippen LogP contribution is -2.17. The third-order valence-electron chi connectivity index (χ3n) is 2.08. The van der Waals surface area contributed by atoms with E-state index in [0.29, 0.717) is 17.1 Å². The van der Waals surface area contributed by atoms with Crippen LogP contribution in [0.15, 0.2) is 30.5 Å². The molecule has 0 fully saturated rings. The summed E-state index contributed by atoms with van der Waals surface area (Å²) in [5.74, 6) is 0.449. The van der Waals surface area contributed by atoms with Crippen molar-refractivity contribution in [3.05, 3.63) is 36.3 Å². The fraction of sp³-hybridized carbons (Fsp3) is 0.182. The smallest absolute Gasteiger partial charge is 0.406 e. The van der Waals surface area contributed by atoms with Gasteiger partial charge >= 0.3 is 6.36 Å². The van der Waals surface area contributed by atoms with Gasteiger partial charge < -0.3 is 9.72 Å². The van der Waals surface area contributed by atoms with E-state index in [1.54, 1.807) is 19.2 Å². The van der Waals surface area contributed by atoms with Crippen LogP contribution in [0.4, 0.5) is 13.2 Å². The molecule has 6 heteroatoms. The van der Waals surface area contributed by atoms with Crippen molar-refractivity contribution in [2.75, 3.05) is 0 Å². The Morgan fingerprint density at radius 1 is 1.29 bits per heavy atom. The van der Waals surface area contributed by atoms with Gasteiger partial charge in [-0.25, -0.2) is 4.98 Å². The molecule has 2 aromatic rings. The van der Waals surface area contributed by atoms with E-state index < -0.39 is 6.36 Å². The molecule has 0 unspecified atom stereocenters. The number of hydrogen-bond acceptors (Lipinski definition) is 2. The van der Waals surface area contributed by atoms with Crippen LogP contribution in [0.2, 0.25) is 0 Å². The number of benzene rings is 1. The zero-order chi connectivity index (χ0) is 12.5. The van der Waals surface area contributed by atoms with Gasteiger partial charge in [0.2, 0.25) is 0 Å². The summed E-state index contributed by atoms with van der Waals surface area (Å²) in [6.45, 7) is 1.76. The molecule has 0 aliphatic heterocycles. The molecule has 0 amide bonds. The Balaban J connectivity index is 2.29. The van der Waals surface area contributed by atoms with E-state index in [1.165, 1.54) is 18.2 Å². The first-order valence-corrected chi connectivity index (χ1v) is 4.82. The monoisotopic (exact) mass is 242 g/mol. The molecule has 0 radical (unpaired) electrons. The largest absolute Gasteiger partial charge is 0.573 e. The summed E-state index contributed by atoms with van der Waals surface area (Å²) in [5.41, 5.74) is 1.24. The molecule has 1 aromatic carbocycles. The Morgan fingerprint density at radius 3 is 2.65 bits per heavy atom. The minimum absolute atomic E-state index is 0.248. The van der Waals surface area contributed by atoms with Gasteiger partial charge in [0.05, 0.1) is 11.9 Å². The first kappa shape index (κ1) is 11.5. The molecule has 0 saturated heterocycles. The fourth-order valence-corrected chi connectivity index (χ4v) is 1.43. The number of aryl methyl sites for hydroxylation is 1. The molecule has 3 nitrogen and oxygen atoms in total. The summed E-state index contributed by atoms with van der Waals surface area (Å²) < 4.78 is 39.9. The maximum Gasteiger partial charge on any atom is 0.573 e. The minimum Gasteiger partial charge on any atom is -0.406 e. The maximum absolute atomic E-state index is 12.0. The quantitative estimate of drug-likeness (QED) is 0.877. The van der Waals surface area contributed by atoms with Gasteiger partial charge in [-0.05, 0) is 19.1 Å². The molecule has 1 N–H and O–H groups in total. The van der Waals surface area contributed by atoms with E-state index in [1.807, 2.05) is 0 Å². The highest BCUT2D eigenvalue weighted by atomic mass is 19.4. The van der Waals surface area contributed by atoms with Gasteiger partial charge in [-0.1, -0.05) is 12.1 Å². The number of nitrogens with one attached hydrogen (secondary N) is 1. The number of alkyl halides is 3. The van der Waals surface area contributed by atoms with Crippen molar-refractivity contribution < 1.29 is 17.9 Å². The number of H-pyrrole nitrogens is 1. The van der Waals surface area contributed by atoms with Gasteiger partial charge in [0.15, 0.2) is 0 Å². The fourth-order valence-electron chi connectivity index (χ4n) is 1.43. The van der Waals surface area contributed by atoms with Gasteiger partial charge in [0.25, 0.3) is 0 Å². The first-order valence-electron chi connectivity index (χ1n) is 4.82. The zero-order valence-electron chi connectivity index (χ0n) is 8.88. The summed E-state index contributed by atoms with van der Waals surface area (Å²) >= 11 is 0. The van der Waals surface area contributed by atoms with Crippen molar-refractivity contribution in [1.29, 1.82) is 0 Å². The molecule has 17 heavy (non-hydrogen) atoms. The van der Waals surface area contributed by atoms with E-state index in [2.05, 4.69) is 14.7 Å². The summed E-state index contributed by atoms with van der Waals surface area (Å²) in [6, 6.07) is 5.73. The molecule has 90 valence electrons. The number of aromatic amines is 1. The van der Waals surface area contributed by atoms with Crippen molar-refractivity contribution in [2.45, 2.75) is 13.3 Å². The normalized spacial score (nSPS) is 11.5. The van der Waals surface area contributed by atoms with Crippen LogP contribution in [0.1, 0.15) is 5.82 Å². The van der Waals surface area contributed by atoms with E-state index >= 15 is 0 Å². The Labute approximate surface area is 95.3 Å². The minimum atomic E-state index is -4.68. The van der Waals surface area contributed by atoms with Gasteiger partial charge in [-0.3, -0.25) is 0 Å². The van der Waals surface area contributed by atoms with Crippen LogP contribution in [0, 0.1) is 6.92 Å². The number of nitrogens with zero attached hydrogens (tertiary/aromatic N) is 1. The molecular weight excluding hydrogens is 233 g/mol. The van der Waals surface area contributed by atoms with E-state index in [-0.39, 0.29) is 5.75 Å². The highest BCUT2D eigenvalue weighted by Gasteiger charge is 2.31. The molecule has 0 aliphatic rings. The van der Waals surface area contributed by atoms with Gasteiger partial charge in [-0.2, -0.15) is 0 Å². The second-order valence-electron chi connectivity index (χ2n) is 3.46. The number of rotatable bonds is 2. The second kappa shape index (κ2) is 4.12. The lowest BCUT2D eigenvalue weighted by molar-refractivity contribution is -0.274. The molecule has 1 heterocycles. The third kappa shape index (κ3) is 2.99. The van der Waals surface area contributed by atoms with Gasteiger partial charge in [0, 0.05) is 5.56 Å². The van der Waals surface area contributed by atoms with Crippen molar-refractivity contribution in [3.8, 4) is 17.0 Å². The summed E-state index contributed by atoms with van der Waals surface area (Å²) in [5, 5.41) is 0. The van der Waals surface area contributed by atoms with Crippen molar-refractivity contribution in [1.82, 2.24) is 9.97 Å². The number of hydrogen-bond donors (Lipinski definition) is 1. The molecule has 0 saturated carbocycles. The van der Waals surface area contributed by atoms with Crippen LogP contribution in [-0.4, -0.2) is 16.3 Å². The predicted molar refractivity (Wildman–Crippen MR) is 55.4 cm³/mol. The highest BCUT2D eigenvalue weighted by molar-refractivity contribution is 5.60. The summed E-state index contributed by atoms with van der Waals surface area (Å²) in [6.07, 6.45) is -3.12. The van der Waals surface area contributed by atoms with Crippen molar-refractivity contribution in [3.63, 3.8) is 0 Å². The molecule has 0 atom stereocenters. The van der Waals surface area contributed by atoms with Crippen molar-refractivity contribution in [2.24, 2.45) is 0 Å². The SMILES string of the molecule is Cc1ncc(-c2cccc(OC(F)(F)F)c2)[nH]1. The maximum atomic E-state index is 12.0.